The monoisotopic (exact) mass is 240 g/mol. The van der Waals surface area contributed by atoms with Gasteiger partial charge in [-0.3, -0.25) is 4.79 Å². The van der Waals surface area contributed by atoms with Gasteiger partial charge in [-0.2, -0.15) is 4.98 Å². The van der Waals surface area contributed by atoms with Crippen molar-refractivity contribution in [2.24, 2.45) is 5.92 Å². The highest BCUT2D eigenvalue weighted by atomic mass is 16.5. The minimum Gasteiger partial charge on any atom is -0.481 e. The van der Waals surface area contributed by atoms with Crippen LogP contribution in [0.5, 0.6) is 0 Å². The van der Waals surface area contributed by atoms with Crippen LogP contribution in [0.25, 0.3) is 0 Å². The summed E-state index contributed by atoms with van der Waals surface area (Å²) < 4.78 is 10.3. The third-order valence-corrected chi connectivity index (χ3v) is 2.79. The van der Waals surface area contributed by atoms with E-state index < -0.39 is 5.97 Å². The van der Waals surface area contributed by atoms with Gasteiger partial charge in [-0.15, -0.1) is 0 Å². The molecule has 1 fully saturated rings. The number of rotatable bonds is 6. The van der Waals surface area contributed by atoms with Crippen molar-refractivity contribution in [1.82, 2.24) is 10.1 Å². The number of carboxylic acid groups (broad SMARTS) is 1. The second-order valence-corrected chi connectivity index (χ2v) is 4.29. The van der Waals surface area contributed by atoms with Gasteiger partial charge in [-0.25, -0.2) is 0 Å². The van der Waals surface area contributed by atoms with Crippen LogP contribution in [0.15, 0.2) is 4.52 Å². The van der Waals surface area contributed by atoms with E-state index in [1.54, 1.807) is 0 Å². The van der Waals surface area contributed by atoms with E-state index in [1.807, 2.05) is 0 Å². The fourth-order valence-corrected chi connectivity index (χ4v) is 1.87. The van der Waals surface area contributed by atoms with E-state index in [2.05, 4.69) is 10.1 Å². The minimum absolute atomic E-state index is 0.133. The van der Waals surface area contributed by atoms with E-state index in [0.29, 0.717) is 30.5 Å². The Morgan fingerprint density at radius 1 is 1.53 bits per heavy atom. The van der Waals surface area contributed by atoms with E-state index in [-0.39, 0.29) is 6.42 Å². The Hall–Kier alpha value is -1.43. The summed E-state index contributed by atoms with van der Waals surface area (Å²) in [4.78, 5) is 14.6. The molecule has 0 bridgehead atoms. The maximum Gasteiger partial charge on any atom is 0.303 e. The van der Waals surface area contributed by atoms with Crippen molar-refractivity contribution in [3.8, 4) is 0 Å². The highest BCUT2D eigenvalue weighted by molar-refractivity contribution is 5.66. The molecule has 1 saturated heterocycles. The van der Waals surface area contributed by atoms with Crippen molar-refractivity contribution in [1.29, 1.82) is 0 Å². The lowest BCUT2D eigenvalue weighted by Crippen LogP contribution is -2.05. The first-order chi connectivity index (χ1) is 8.24. The smallest absolute Gasteiger partial charge is 0.303 e. The lowest BCUT2D eigenvalue weighted by Gasteiger charge is -2.00. The highest BCUT2D eigenvalue weighted by Crippen LogP contribution is 2.16. The summed E-state index contributed by atoms with van der Waals surface area (Å²) in [6, 6.07) is 0. The zero-order valence-corrected chi connectivity index (χ0v) is 9.59. The van der Waals surface area contributed by atoms with Crippen LogP contribution in [0.2, 0.25) is 0 Å². The molecule has 1 aromatic rings. The van der Waals surface area contributed by atoms with Gasteiger partial charge in [-0.05, 0) is 18.8 Å². The number of aromatic nitrogens is 2. The fourth-order valence-electron chi connectivity index (χ4n) is 1.87. The molecular weight excluding hydrogens is 224 g/mol. The zero-order valence-electron chi connectivity index (χ0n) is 9.59. The van der Waals surface area contributed by atoms with E-state index in [4.69, 9.17) is 14.4 Å². The van der Waals surface area contributed by atoms with Gasteiger partial charge < -0.3 is 14.4 Å². The van der Waals surface area contributed by atoms with Crippen LogP contribution in [0.3, 0.4) is 0 Å². The van der Waals surface area contributed by atoms with Gasteiger partial charge in [-0.1, -0.05) is 5.16 Å². The SMILES string of the molecule is O=C(O)CCCc1nc(CC2CCOC2)no1. The molecule has 1 aliphatic heterocycles. The Labute approximate surface area is 99.0 Å². The minimum atomic E-state index is -0.798. The molecule has 1 aromatic heterocycles. The predicted octanol–water partition coefficient (Wildman–Crippen LogP) is 1.06. The highest BCUT2D eigenvalue weighted by Gasteiger charge is 2.19. The summed E-state index contributed by atoms with van der Waals surface area (Å²) in [6.45, 7) is 1.58. The zero-order chi connectivity index (χ0) is 12.1. The number of carboxylic acids is 1. The molecule has 1 atom stereocenters. The number of carbonyl (C=O) groups is 1. The Balaban J connectivity index is 1.76. The van der Waals surface area contributed by atoms with Crippen LogP contribution in [0.4, 0.5) is 0 Å². The molecule has 0 amide bonds. The first kappa shape index (κ1) is 12.0. The van der Waals surface area contributed by atoms with Gasteiger partial charge in [0.1, 0.15) is 0 Å². The Bertz CT molecular complexity index is 371. The summed E-state index contributed by atoms with van der Waals surface area (Å²) >= 11 is 0. The molecule has 1 aliphatic rings. The molecule has 1 N–H and O–H groups in total. The van der Waals surface area contributed by atoms with E-state index in [0.717, 1.165) is 26.1 Å². The number of aliphatic carboxylic acids is 1. The molecule has 0 radical (unpaired) electrons. The van der Waals surface area contributed by atoms with Crippen molar-refractivity contribution in [2.45, 2.75) is 32.1 Å². The van der Waals surface area contributed by atoms with Gasteiger partial charge in [0.2, 0.25) is 5.89 Å². The molecule has 6 heteroatoms. The third kappa shape index (κ3) is 3.81. The summed E-state index contributed by atoms with van der Waals surface area (Å²) in [5.41, 5.74) is 0. The number of hydrogen-bond acceptors (Lipinski definition) is 5. The predicted molar refractivity (Wildman–Crippen MR) is 57.5 cm³/mol. The molecule has 1 unspecified atom stereocenters. The van der Waals surface area contributed by atoms with Crippen LogP contribution in [0, 0.1) is 5.92 Å². The van der Waals surface area contributed by atoms with Crippen LogP contribution in [0.1, 0.15) is 31.0 Å². The third-order valence-electron chi connectivity index (χ3n) is 2.79. The maximum atomic E-state index is 10.3. The molecule has 0 saturated carbocycles. The Morgan fingerprint density at radius 2 is 2.41 bits per heavy atom. The molecular formula is C11H16N2O4. The van der Waals surface area contributed by atoms with Gasteiger partial charge in [0.15, 0.2) is 5.82 Å². The van der Waals surface area contributed by atoms with Crippen LogP contribution >= 0.6 is 0 Å². The molecule has 94 valence electrons. The molecule has 0 aliphatic carbocycles. The standard InChI is InChI=1S/C11H16N2O4/c14-11(15)3-1-2-10-12-9(13-17-10)6-8-4-5-16-7-8/h8H,1-7H2,(H,14,15). The van der Waals surface area contributed by atoms with E-state index in [1.165, 1.54) is 0 Å². The summed E-state index contributed by atoms with van der Waals surface area (Å²) in [5, 5.41) is 12.4. The molecule has 2 rings (SSSR count). The van der Waals surface area contributed by atoms with Crippen molar-refractivity contribution >= 4 is 5.97 Å². The molecule has 17 heavy (non-hydrogen) atoms. The van der Waals surface area contributed by atoms with Crippen molar-refractivity contribution < 1.29 is 19.2 Å². The average molecular weight is 240 g/mol. The van der Waals surface area contributed by atoms with Crippen molar-refractivity contribution in [2.75, 3.05) is 13.2 Å². The second-order valence-electron chi connectivity index (χ2n) is 4.29. The lowest BCUT2D eigenvalue weighted by molar-refractivity contribution is -0.137. The molecule has 0 aromatic carbocycles. The van der Waals surface area contributed by atoms with Gasteiger partial charge in [0.05, 0.1) is 0 Å². The van der Waals surface area contributed by atoms with Crippen LogP contribution in [-0.2, 0) is 22.4 Å². The Morgan fingerprint density at radius 3 is 3.12 bits per heavy atom. The number of ether oxygens (including phenoxy) is 1. The van der Waals surface area contributed by atoms with Crippen molar-refractivity contribution in [3.05, 3.63) is 11.7 Å². The van der Waals surface area contributed by atoms with Gasteiger partial charge in [0, 0.05) is 32.5 Å². The van der Waals surface area contributed by atoms with Crippen molar-refractivity contribution in [3.63, 3.8) is 0 Å². The van der Waals surface area contributed by atoms with Crippen LogP contribution < -0.4 is 0 Å². The summed E-state index contributed by atoms with van der Waals surface area (Å²) in [7, 11) is 0. The first-order valence-corrected chi connectivity index (χ1v) is 5.85. The number of hydrogen-bond donors (Lipinski definition) is 1. The van der Waals surface area contributed by atoms with Gasteiger partial charge >= 0.3 is 5.97 Å². The van der Waals surface area contributed by atoms with Gasteiger partial charge in [0.25, 0.3) is 0 Å². The summed E-state index contributed by atoms with van der Waals surface area (Å²) in [5.74, 6) is 0.915. The lowest BCUT2D eigenvalue weighted by atomic mass is 10.1. The summed E-state index contributed by atoms with van der Waals surface area (Å²) in [6.07, 6.45) is 3.02. The number of nitrogens with zero attached hydrogens (tertiary/aromatic N) is 2. The first-order valence-electron chi connectivity index (χ1n) is 5.85. The fraction of sp³-hybridized carbons (Fsp3) is 0.727. The second kappa shape index (κ2) is 5.77. The van der Waals surface area contributed by atoms with E-state index in [9.17, 15) is 4.79 Å². The molecule has 0 spiro atoms. The van der Waals surface area contributed by atoms with Crippen LogP contribution in [-0.4, -0.2) is 34.4 Å². The quantitative estimate of drug-likeness (QED) is 0.800. The largest absolute Gasteiger partial charge is 0.481 e. The number of aryl methyl sites for hydroxylation is 1. The molecule has 6 nitrogen and oxygen atoms in total. The van der Waals surface area contributed by atoms with E-state index >= 15 is 0 Å². The Kier molecular flexibility index (Phi) is 4.08. The topological polar surface area (TPSA) is 85.5 Å². The average Bonchev–Trinajstić information content (AvgIpc) is 2.90. The normalized spacial score (nSPS) is 19.6. The molecule has 2 heterocycles. The maximum absolute atomic E-state index is 10.3.